The maximum absolute atomic E-state index is 13.0. The van der Waals surface area contributed by atoms with Gasteiger partial charge in [-0.25, -0.2) is 0 Å². The van der Waals surface area contributed by atoms with Crippen LogP contribution in [0.3, 0.4) is 0 Å². The first kappa shape index (κ1) is 19.2. The van der Waals surface area contributed by atoms with E-state index in [9.17, 15) is 22.8 Å². The van der Waals surface area contributed by atoms with E-state index in [0.29, 0.717) is 22.9 Å². The van der Waals surface area contributed by atoms with Crippen LogP contribution in [0.4, 0.5) is 13.2 Å². The molecule has 1 aromatic heterocycles. The van der Waals surface area contributed by atoms with Gasteiger partial charge in [0.2, 0.25) is 5.91 Å². The molecule has 6 nitrogen and oxygen atoms in total. The number of ether oxygens (including phenoxy) is 1. The molecule has 146 valence electrons. The van der Waals surface area contributed by atoms with Crippen molar-refractivity contribution in [2.45, 2.75) is 45.3 Å². The predicted molar refractivity (Wildman–Crippen MR) is 90.9 cm³/mol. The van der Waals surface area contributed by atoms with E-state index in [0.717, 1.165) is 11.1 Å². The van der Waals surface area contributed by atoms with Crippen LogP contribution in [-0.2, 0) is 40.1 Å². The summed E-state index contributed by atoms with van der Waals surface area (Å²) in [6.07, 6.45) is -4.74. The van der Waals surface area contributed by atoms with Crippen LogP contribution in [0.25, 0.3) is 10.9 Å². The standard InChI is InChI=1S/C18H20F3N3O3/c1-3-9-4-10-5-11(6-14(25)27-2)17(26)22-8-12(10)15-13(7-18(19,20)21)23-24-16(9)15/h4,11H,3,5-8H2,1-2H3,(H,22,26)(H,23,24)/t11-/m0/s1. The Kier molecular flexibility index (Phi) is 5.12. The molecular weight excluding hydrogens is 363 g/mol. The number of nitrogens with zero attached hydrogens (tertiary/aromatic N) is 1. The summed E-state index contributed by atoms with van der Waals surface area (Å²) in [6, 6.07) is 1.88. The molecule has 0 spiro atoms. The van der Waals surface area contributed by atoms with Crippen molar-refractivity contribution in [3.05, 3.63) is 28.5 Å². The summed E-state index contributed by atoms with van der Waals surface area (Å²) in [6.45, 7) is 1.99. The fourth-order valence-electron chi connectivity index (χ4n) is 3.57. The highest BCUT2D eigenvalue weighted by molar-refractivity contribution is 5.91. The van der Waals surface area contributed by atoms with Gasteiger partial charge in [-0.15, -0.1) is 0 Å². The Bertz CT molecular complexity index is 889. The Hall–Kier alpha value is -2.58. The minimum Gasteiger partial charge on any atom is -0.469 e. The van der Waals surface area contributed by atoms with Gasteiger partial charge in [0.1, 0.15) is 0 Å². The number of carbonyl (C=O) groups excluding carboxylic acids is 2. The van der Waals surface area contributed by atoms with E-state index < -0.39 is 24.5 Å². The van der Waals surface area contributed by atoms with E-state index in [1.54, 1.807) is 0 Å². The van der Waals surface area contributed by atoms with Crippen LogP contribution in [-0.4, -0.2) is 35.4 Å². The number of carbonyl (C=O) groups is 2. The highest BCUT2D eigenvalue weighted by atomic mass is 19.4. The van der Waals surface area contributed by atoms with Gasteiger partial charge in [-0.2, -0.15) is 18.3 Å². The Morgan fingerprint density at radius 2 is 2.15 bits per heavy atom. The second-order valence-corrected chi connectivity index (χ2v) is 6.64. The van der Waals surface area contributed by atoms with Crippen LogP contribution in [0.5, 0.6) is 0 Å². The van der Waals surface area contributed by atoms with Crippen LogP contribution in [0, 0.1) is 5.92 Å². The second kappa shape index (κ2) is 7.21. The van der Waals surface area contributed by atoms with Crippen molar-refractivity contribution in [2.75, 3.05) is 7.11 Å². The zero-order chi connectivity index (χ0) is 19.8. The number of aromatic nitrogens is 2. The topological polar surface area (TPSA) is 84.1 Å². The number of aryl methyl sites for hydroxylation is 1. The van der Waals surface area contributed by atoms with Crippen molar-refractivity contribution in [3.63, 3.8) is 0 Å². The third-order valence-electron chi connectivity index (χ3n) is 4.86. The third-order valence-corrected chi connectivity index (χ3v) is 4.86. The number of hydrogen-bond donors (Lipinski definition) is 2. The monoisotopic (exact) mass is 383 g/mol. The molecule has 2 N–H and O–H groups in total. The first-order valence-electron chi connectivity index (χ1n) is 8.65. The molecule has 0 saturated heterocycles. The number of esters is 1. The SMILES string of the molecule is CCc1cc2c(c3c(CC(F)(F)F)[nH]nc13)CNC(=O)[C@H](CC(=O)OC)C2. The maximum atomic E-state index is 13.0. The molecule has 0 unspecified atom stereocenters. The minimum absolute atomic E-state index is 0.00952. The molecular formula is C18H20F3N3O3. The molecule has 0 radical (unpaired) electrons. The fraction of sp³-hybridized carbons (Fsp3) is 0.500. The highest BCUT2D eigenvalue weighted by Crippen LogP contribution is 2.34. The number of aromatic amines is 1. The number of H-pyrrole nitrogens is 1. The first-order valence-corrected chi connectivity index (χ1v) is 8.65. The van der Waals surface area contributed by atoms with Crippen LogP contribution < -0.4 is 5.32 Å². The Morgan fingerprint density at radius 1 is 1.41 bits per heavy atom. The molecule has 0 bridgehead atoms. The molecule has 9 heteroatoms. The van der Waals surface area contributed by atoms with Gasteiger partial charge < -0.3 is 10.1 Å². The highest BCUT2D eigenvalue weighted by Gasteiger charge is 2.33. The van der Waals surface area contributed by atoms with Crippen LogP contribution >= 0.6 is 0 Å². The number of methoxy groups -OCH3 is 1. The van der Waals surface area contributed by atoms with E-state index in [1.807, 2.05) is 13.0 Å². The van der Waals surface area contributed by atoms with Gasteiger partial charge in [0.15, 0.2) is 0 Å². The Labute approximate surface area is 153 Å². The smallest absolute Gasteiger partial charge is 0.394 e. The molecule has 1 atom stereocenters. The van der Waals surface area contributed by atoms with E-state index in [-0.39, 0.29) is 31.0 Å². The zero-order valence-corrected chi connectivity index (χ0v) is 15.0. The van der Waals surface area contributed by atoms with Gasteiger partial charge in [0.05, 0.1) is 37.1 Å². The minimum atomic E-state index is -4.38. The van der Waals surface area contributed by atoms with Crippen LogP contribution in [0.1, 0.15) is 35.7 Å². The number of nitrogens with one attached hydrogen (secondary N) is 2. The average Bonchev–Trinajstić information content (AvgIpc) is 2.93. The van der Waals surface area contributed by atoms with Gasteiger partial charge in [0, 0.05) is 11.9 Å². The average molecular weight is 383 g/mol. The molecule has 1 aliphatic rings. The van der Waals surface area contributed by atoms with Crippen LogP contribution in [0.2, 0.25) is 0 Å². The maximum Gasteiger partial charge on any atom is 0.394 e. The summed E-state index contributed by atoms with van der Waals surface area (Å²) in [5.74, 6) is -1.45. The van der Waals surface area contributed by atoms with E-state index in [1.165, 1.54) is 7.11 Å². The summed E-state index contributed by atoms with van der Waals surface area (Å²) in [7, 11) is 1.25. The molecule has 1 aliphatic heterocycles. The molecule has 1 amide bonds. The van der Waals surface area contributed by atoms with Gasteiger partial charge in [-0.3, -0.25) is 14.7 Å². The Balaban J connectivity index is 2.11. The lowest BCUT2D eigenvalue weighted by Crippen LogP contribution is -2.30. The quantitative estimate of drug-likeness (QED) is 0.795. The van der Waals surface area contributed by atoms with E-state index >= 15 is 0 Å². The Morgan fingerprint density at radius 3 is 2.78 bits per heavy atom. The van der Waals surface area contributed by atoms with Crippen LogP contribution in [0.15, 0.2) is 6.07 Å². The number of halogens is 3. The number of amides is 1. The normalized spacial score (nSPS) is 17.4. The lowest BCUT2D eigenvalue weighted by atomic mass is 9.90. The number of fused-ring (bicyclic) bond motifs is 3. The second-order valence-electron chi connectivity index (χ2n) is 6.64. The lowest BCUT2D eigenvalue weighted by molar-refractivity contribution is -0.144. The molecule has 1 aromatic carbocycles. The van der Waals surface area contributed by atoms with Crippen molar-refractivity contribution in [3.8, 4) is 0 Å². The summed E-state index contributed by atoms with van der Waals surface area (Å²) in [5, 5.41) is 9.76. The number of hydrogen-bond acceptors (Lipinski definition) is 4. The van der Waals surface area contributed by atoms with Gasteiger partial charge >= 0.3 is 12.1 Å². The molecule has 2 aromatic rings. The van der Waals surface area contributed by atoms with Crippen molar-refractivity contribution >= 4 is 22.8 Å². The van der Waals surface area contributed by atoms with Crippen molar-refractivity contribution in [2.24, 2.45) is 5.92 Å². The molecule has 3 rings (SSSR count). The van der Waals surface area contributed by atoms with E-state index in [2.05, 4.69) is 20.3 Å². The van der Waals surface area contributed by atoms with Gasteiger partial charge in [0.25, 0.3) is 0 Å². The number of alkyl halides is 3. The van der Waals surface area contributed by atoms with Crippen molar-refractivity contribution < 1.29 is 27.5 Å². The third kappa shape index (κ3) is 3.91. The summed E-state index contributed by atoms with van der Waals surface area (Å²) >= 11 is 0. The molecule has 0 saturated carbocycles. The fourth-order valence-corrected chi connectivity index (χ4v) is 3.57. The van der Waals surface area contributed by atoms with Crippen molar-refractivity contribution in [1.82, 2.24) is 15.5 Å². The molecule has 0 aliphatic carbocycles. The summed E-state index contributed by atoms with van der Waals surface area (Å²) in [5.41, 5.74) is 2.67. The summed E-state index contributed by atoms with van der Waals surface area (Å²) in [4.78, 5) is 24.0. The lowest BCUT2D eigenvalue weighted by Gasteiger charge is -2.14. The first-order chi connectivity index (χ1) is 12.7. The predicted octanol–water partition coefficient (Wildman–Crippen LogP) is 2.58. The number of benzene rings is 1. The largest absolute Gasteiger partial charge is 0.469 e. The number of rotatable bonds is 4. The zero-order valence-electron chi connectivity index (χ0n) is 15.0. The van der Waals surface area contributed by atoms with Gasteiger partial charge in [-0.1, -0.05) is 13.0 Å². The van der Waals surface area contributed by atoms with Crippen molar-refractivity contribution in [1.29, 1.82) is 0 Å². The van der Waals surface area contributed by atoms with Gasteiger partial charge in [-0.05, 0) is 29.5 Å². The molecule has 27 heavy (non-hydrogen) atoms. The summed E-state index contributed by atoms with van der Waals surface area (Å²) < 4.78 is 43.6. The molecule has 2 heterocycles. The molecule has 0 fully saturated rings. The van der Waals surface area contributed by atoms with E-state index in [4.69, 9.17) is 0 Å².